The lowest BCUT2D eigenvalue weighted by Crippen LogP contribution is -2.48. The zero-order valence-corrected chi connectivity index (χ0v) is 26.1. The Balaban J connectivity index is 1.52. The highest BCUT2D eigenvalue weighted by Gasteiger charge is 2.80. The molecule has 7 rings (SSSR count). The molecule has 42 heavy (non-hydrogen) atoms. The molecule has 0 nitrogen and oxygen atoms in total. The van der Waals surface area contributed by atoms with Gasteiger partial charge < -0.3 is 0 Å². The summed E-state index contributed by atoms with van der Waals surface area (Å²) in [7, 11) is 0. The van der Waals surface area contributed by atoms with Crippen LogP contribution in [0.2, 0.25) is 0 Å². The van der Waals surface area contributed by atoms with Crippen LogP contribution in [0.4, 0.5) is 26.3 Å². The Morgan fingerprint density at radius 1 is 0.714 bits per heavy atom. The number of hydrogen-bond acceptors (Lipinski definition) is 6. The summed E-state index contributed by atoms with van der Waals surface area (Å²) in [6.07, 6.45) is 2.79. The summed E-state index contributed by atoms with van der Waals surface area (Å²) in [6, 6.07) is 13.5. The van der Waals surface area contributed by atoms with E-state index in [1.54, 1.807) is 29.6 Å². The minimum absolute atomic E-state index is 0.0841. The van der Waals surface area contributed by atoms with Crippen molar-refractivity contribution in [3.63, 3.8) is 0 Å². The maximum Gasteiger partial charge on any atom is 0.380 e. The van der Waals surface area contributed by atoms with Gasteiger partial charge in [0.1, 0.15) is 0 Å². The van der Waals surface area contributed by atoms with Gasteiger partial charge in [0.15, 0.2) is 0 Å². The predicted octanol–water partition coefficient (Wildman–Crippen LogP) is 12.4. The third kappa shape index (κ3) is 4.44. The van der Waals surface area contributed by atoms with Crippen LogP contribution < -0.4 is 0 Å². The second kappa shape index (κ2) is 10.5. The van der Waals surface area contributed by atoms with Crippen molar-refractivity contribution in [3.8, 4) is 19.5 Å². The van der Waals surface area contributed by atoms with Crippen LogP contribution in [0.25, 0.3) is 30.7 Å². The molecule has 1 atom stereocenters. The van der Waals surface area contributed by atoms with Crippen molar-refractivity contribution in [2.24, 2.45) is 0 Å². The van der Waals surface area contributed by atoms with Crippen LogP contribution in [-0.2, 0) is 6.42 Å². The van der Waals surface area contributed by atoms with Gasteiger partial charge in [-0.3, -0.25) is 0 Å². The van der Waals surface area contributed by atoms with Crippen molar-refractivity contribution >= 4 is 79.6 Å². The molecule has 0 aromatic carbocycles. The van der Waals surface area contributed by atoms with Crippen molar-refractivity contribution in [2.45, 2.75) is 35.9 Å². The van der Waals surface area contributed by atoms with Crippen LogP contribution >= 0.6 is 68.4 Å². The molecule has 0 fully saturated rings. The molecule has 1 aliphatic heterocycles. The molecule has 0 N–H and O–H groups in total. The van der Waals surface area contributed by atoms with Crippen molar-refractivity contribution in [2.75, 3.05) is 0 Å². The summed E-state index contributed by atoms with van der Waals surface area (Å²) < 4.78 is 94.8. The highest BCUT2D eigenvalue weighted by atomic mass is 32.2. The SMILES string of the molecule is FC1(F)C(c2cc(C3CC=CS3)sc2Cc2cccs2)=C(c2cc(-c3cccs3)sc2-c2cccs2)C(F)(F)C1(F)F. The van der Waals surface area contributed by atoms with Crippen LogP contribution in [-0.4, -0.2) is 17.8 Å². The van der Waals surface area contributed by atoms with Crippen LogP contribution in [0, 0.1) is 0 Å². The lowest BCUT2D eigenvalue weighted by atomic mass is 9.93. The number of rotatable bonds is 7. The van der Waals surface area contributed by atoms with Crippen LogP contribution in [0.3, 0.4) is 0 Å². The molecule has 0 saturated carbocycles. The molecule has 0 spiro atoms. The maximum absolute atomic E-state index is 16.0. The quantitative estimate of drug-likeness (QED) is 0.154. The topological polar surface area (TPSA) is 0 Å². The molecule has 6 heterocycles. The molecular formula is C30H18F6S6. The molecule has 0 saturated heterocycles. The molecule has 0 bridgehead atoms. The lowest BCUT2D eigenvalue weighted by molar-refractivity contribution is -0.254. The lowest BCUT2D eigenvalue weighted by Gasteiger charge is -2.26. The Kier molecular flexibility index (Phi) is 7.18. The van der Waals surface area contributed by atoms with E-state index in [0.29, 0.717) is 25.9 Å². The average Bonchev–Trinajstić information content (AvgIpc) is 3.78. The molecule has 5 aromatic rings. The molecule has 0 amide bonds. The Bertz CT molecular complexity index is 1780. The van der Waals surface area contributed by atoms with E-state index >= 15 is 26.3 Å². The van der Waals surface area contributed by atoms with E-state index in [2.05, 4.69) is 0 Å². The smallest absolute Gasteiger partial charge is 0.194 e. The van der Waals surface area contributed by atoms with Gasteiger partial charge in [0.25, 0.3) is 0 Å². The van der Waals surface area contributed by atoms with E-state index in [9.17, 15) is 0 Å². The standard InChI is InChI=1S/C30H18F6S6/c31-28(32)25(17-14-23(19-6-2-10-38-19)41-22(17)13-16-5-1-9-37-16)26(29(33,34)30(28,35)36)18-15-24(20-7-3-11-39-20)42-27(18)21-8-4-12-40-21/h1-5,7-12,14-15,19H,6,13H2. The summed E-state index contributed by atoms with van der Waals surface area (Å²) in [5.74, 6) is -15.8. The van der Waals surface area contributed by atoms with E-state index in [-0.39, 0.29) is 27.7 Å². The molecule has 216 valence electrons. The first-order valence-corrected chi connectivity index (χ1v) is 17.9. The zero-order valence-electron chi connectivity index (χ0n) is 21.2. The number of thioether (sulfide) groups is 1. The molecule has 1 unspecified atom stereocenters. The van der Waals surface area contributed by atoms with Crippen molar-refractivity contribution in [1.29, 1.82) is 0 Å². The first-order valence-electron chi connectivity index (χ1n) is 12.7. The van der Waals surface area contributed by atoms with Gasteiger partial charge in [0.05, 0.1) is 4.88 Å². The van der Waals surface area contributed by atoms with Gasteiger partial charge in [-0.2, -0.15) is 26.3 Å². The molecule has 0 radical (unpaired) electrons. The Labute approximate surface area is 261 Å². The van der Waals surface area contributed by atoms with Crippen LogP contribution in [0.5, 0.6) is 0 Å². The minimum Gasteiger partial charge on any atom is -0.194 e. The number of hydrogen-bond donors (Lipinski definition) is 0. The van der Waals surface area contributed by atoms with Gasteiger partial charge in [-0.1, -0.05) is 24.3 Å². The number of alkyl halides is 6. The second-order valence-electron chi connectivity index (χ2n) is 9.76. The molecule has 2 aliphatic rings. The van der Waals surface area contributed by atoms with Crippen molar-refractivity contribution < 1.29 is 26.3 Å². The maximum atomic E-state index is 16.0. The van der Waals surface area contributed by atoms with E-state index < -0.39 is 28.9 Å². The monoisotopic (exact) mass is 684 g/mol. The fourth-order valence-corrected chi connectivity index (χ4v) is 11.2. The van der Waals surface area contributed by atoms with Gasteiger partial charge in [-0.05, 0) is 63.9 Å². The summed E-state index contributed by atoms with van der Waals surface area (Å²) in [4.78, 5) is 4.05. The number of thiophene rings is 5. The zero-order chi connectivity index (χ0) is 29.3. The number of halogens is 6. The fraction of sp³-hybridized carbons (Fsp3) is 0.200. The van der Waals surface area contributed by atoms with E-state index in [1.165, 1.54) is 69.2 Å². The highest BCUT2D eigenvalue weighted by Crippen LogP contribution is 2.67. The molecular weight excluding hydrogens is 667 g/mol. The Morgan fingerprint density at radius 2 is 1.38 bits per heavy atom. The van der Waals surface area contributed by atoms with Crippen molar-refractivity contribution in [3.05, 3.63) is 102 Å². The third-order valence-corrected chi connectivity index (χ3v) is 13.8. The van der Waals surface area contributed by atoms with Gasteiger partial charge in [0, 0.05) is 57.6 Å². The van der Waals surface area contributed by atoms with Crippen LogP contribution in [0.1, 0.15) is 37.4 Å². The average molecular weight is 685 g/mol. The summed E-state index contributed by atoms with van der Waals surface area (Å²) in [5, 5.41) is 7.22. The van der Waals surface area contributed by atoms with E-state index in [0.717, 1.165) is 21.1 Å². The van der Waals surface area contributed by atoms with E-state index in [1.807, 2.05) is 34.4 Å². The van der Waals surface area contributed by atoms with Gasteiger partial charge >= 0.3 is 17.8 Å². The first-order chi connectivity index (χ1) is 20.1. The molecule has 1 aliphatic carbocycles. The van der Waals surface area contributed by atoms with Gasteiger partial charge in [0.2, 0.25) is 0 Å². The minimum atomic E-state index is -5.62. The third-order valence-electron chi connectivity index (χ3n) is 7.20. The highest BCUT2D eigenvalue weighted by molar-refractivity contribution is 8.02. The predicted molar refractivity (Wildman–Crippen MR) is 168 cm³/mol. The Hall–Kier alpha value is -2.09. The molecule has 5 aromatic heterocycles. The largest absolute Gasteiger partial charge is 0.380 e. The van der Waals surface area contributed by atoms with E-state index in [4.69, 9.17) is 0 Å². The first kappa shape index (κ1) is 28.7. The Morgan fingerprint density at radius 3 is 2.00 bits per heavy atom. The van der Waals surface area contributed by atoms with Crippen LogP contribution in [0.15, 0.2) is 76.2 Å². The van der Waals surface area contributed by atoms with Gasteiger partial charge in [-0.25, -0.2) is 0 Å². The van der Waals surface area contributed by atoms with Crippen molar-refractivity contribution in [1.82, 2.24) is 0 Å². The summed E-state index contributed by atoms with van der Waals surface area (Å²) in [5.41, 5.74) is -3.03. The molecule has 12 heteroatoms. The second-order valence-corrected chi connectivity index (χ2v) is 16.0. The fourth-order valence-electron chi connectivity index (χ4n) is 5.23. The van der Waals surface area contributed by atoms with Gasteiger partial charge in [-0.15, -0.1) is 68.4 Å². The summed E-state index contributed by atoms with van der Waals surface area (Å²) >= 11 is 7.91. The number of allylic oxidation sites excluding steroid dienone is 3. The normalized spacial score (nSPS) is 20.7. The summed E-state index contributed by atoms with van der Waals surface area (Å²) in [6.45, 7) is 0.